The van der Waals surface area contributed by atoms with Gasteiger partial charge in [0.05, 0.1) is 18.7 Å². The molecule has 21 heavy (non-hydrogen) atoms. The van der Waals surface area contributed by atoms with Crippen molar-refractivity contribution in [1.82, 2.24) is 30.0 Å². The molecule has 0 spiro atoms. The second-order valence-corrected chi connectivity index (χ2v) is 4.36. The first kappa shape index (κ1) is 15.0. The summed E-state index contributed by atoms with van der Waals surface area (Å²) in [5.41, 5.74) is 0.426. The molecule has 2 aromatic rings. The van der Waals surface area contributed by atoms with Crippen LogP contribution in [0.3, 0.4) is 0 Å². The first-order valence-corrected chi connectivity index (χ1v) is 6.69. The zero-order chi connectivity index (χ0) is 15.1. The average Bonchev–Trinajstić information content (AvgIpc) is 2.98. The number of nitrogens with one attached hydrogen (secondary N) is 1. The highest BCUT2D eigenvalue weighted by molar-refractivity contribution is 5.93. The van der Waals surface area contributed by atoms with E-state index in [2.05, 4.69) is 25.5 Å². The molecule has 1 N–H and O–H groups in total. The van der Waals surface area contributed by atoms with Crippen molar-refractivity contribution in [2.45, 2.75) is 26.4 Å². The fourth-order valence-electron chi connectivity index (χ4n) is 1.71. The smallest absolute Gasteiger partial charge is 0.254 e. The number of hydrogen-bond acceptors (Lipinski definition) is 6. The quantitative estimate of drug-likeness (QED) is 0.783. The zero-order valence-corrected chi connectivity index (χ0v) is 12.1. The molecule has 2 heterocycles. The van der Waals surface area contributed by atoms with Gasteiger partial charge in [-0.1, -0.05) is 6.92 Å². The Bertz CT molecular complexity index is 581. The summed E-state index contributed by atoms with van der Waals surface area (Å²) in [5, 5.41) is 10.6. The Balaban J connectivity index is 1.92. The van der Waals surface area contributed by atoms with Crippen molar-refractivity contribution in [2.24, 2.45) is 0 Å². The lowest BCUT2D eigenvalue weighted by molar-refractivity contribution is 0.0948. The lowest BCUT2D eigenvalue weighted by Gasteiger charge is -2.07. The van der Waals surface area contributed by atoms with Crippen LogP contribution >= 0.6 is 0 Å². The topological polar surface area (TPSA) is 94.8 Å². The molecule has 0 radical (unpaired) electrons. The molecule has 0 fully saturated rings. The molecule has 0 saturated heterocycles. The lowest BCUT2D eigenvalue weighted by Crippen LogP contribution is -2.25. The molecule has 8 nitrogen and oxygen atoms in total. The number of amides is 1. The first-order chi connectivity index (χ1) is 10.2. The van der Waals surface area contributed by atoms with Crippen molar-refractivity contribution in [3.63, 3.8) is 0 Å². The fraction of sp³-hybridized carbons (Fsp3) is 0.462. The molecular weight excluding hydrogens is 272 g/mol. The van der Waals surface area contributed by atoms with Crippen LogP contribution < -0.4 is 5.32 Å². The minimum Gasteiger partial charge on any atom is -0.383 e. The third kappa shape index (κ3) is 4.06. The maximum absolute atomic E-state index is 12.0. The van der Waals surface area contributed by atoms with Crippen molar-refractivity contribution >= 4 is 5.91 Å². The summed E-state index contributed by atoms with van der Waals surface area (Å²) >= 11 is 0. The lowest BCUT2D eigenvalue weighted by atomic mass is 10.3. The Labute approximate surface area is 122 Å². The Morgan fingerprint density at radius 3 is 2.81 bits per heavy atom. The van der Waals surface area contributed by atoms with E-state index in [0.717, 1.165) is 6.42 Å². The Kier molecular flexibility index (Phi) is 5.33. The number of hydrogen-bond donors (Lipinski definition) is 1. The van der Waals surface area contributed by atoms with Crippen LogP contribution in [-0.2, 0) is 24.2 Å². The highest BCUT2D eigenvalue weighted by Gasteiger charge is 2.09. The average molecular weight is 290 g/mol. The van der Waals surface area contributed by atoms with Crippen LogP contribution in [0.25, 0.3) is 0 Å². The fourth-order valence-corrected chi connectivity index (χ4v) is 1.71. The van der Waals surface area contributed by atoms with E-state index >= 15 is 0 Å². The monoisotopic (exact) mass is 290 g/mol. The minimum absolute atomic E-state index is 0.237. The van der Waals surface area contributed by atoms with Gasteiger partial charge < -0.3 is 14.6 Å². The van der Waals surface area contributed by atoms with E-state index in [-0.39, 0.29) is 12.5 Å². The summed E-state index contributed by atoms with van der Waals surface area (Å²) < 4.78 is 6.84. The van der Waals surface area contributed by atoms with Crippen LogP contribution in [-0.4, -0.2) is 44.4 Å². The molecule has 0 aliphatic carbocycles. The molecule has 112 valence electrons. The predicted molar refractivity (Wildman–Crippen MR) is 74.5 cm³/mol. The van der Waals surface area contributed by atoms with Gasteiger partial charge in [0.2, 0.25) is 0 Å². The summed E-state index contributed by atoms with van der Waals surface area (Å²) in [6.45, 7) is 3.45. The van der Waals surface area contributed by atoms with Crippen molar-refractivity contribution in [3.05, 3.63) is 35.9 Å². The largest absolute Gasteiger partial charge is 0.383 e. The SMILES string of the molecule is CCc1ncc(C(=O)NCc2nncn2CCOC)cn1. The number of methoxy groups -OCH3 is 1. The van der Waals surface area contributed by atoms with Gasteiger partial charge in [0, 0.05) is 32.5 Å². The second kappa shape index (κ2) is 7.44. The normalized spacial score (nSPS) is 10.6. The third-order valence-corrected chi connectivity index (χ3v) is 2.92. The highest BCUT2D eigenvalue weighted by atomic mass is 16.5. The van der Waals surface area contributed by atoms with Gasteiger partial charge in [0.15, 0.2) is 5.82 Å². The molecule has 8 heteroatoms. The van der Waals surface area contributed by atoms with Gasteiger partial charge in [0.1, 0.15) is 12.2 Å². The summed E-state index contributed by atoms with van der Waals surface area (Å²) in [6, 6.07) is 0. The van der Waals surface area contributed by atoms with Gasteiger partial charge in [-0.2, -0.15) is 0 Å². The Hall–Kier alpha value is -2.35. The molecule has 0 aliphatic heterocycles. The standard InChI is InChI=1S/C13H18N6O2/c1-3-11-14-6-10(7-15-11)13(20)16-8-12-18-17-9-19(12)4-5-21-2/h6-7,9H,3-5,8H2,1-2H3,(H,16,20). The number of carbonyl (C=O) groups excluding carboxylic acids is 1. The summed E-state index contributed by atoms with van der Waals surface area (Å²) in [7, 11) is 1.63. The van der Waals surface area contributed by atoms with Crippen molar-refractivity contribution in [3.8, 4) is 0 Å². The minimum atomic E-state index is -0.237. The number of aryl methyl sites for hydroxylation is 1. The van der Waals surface area contributed by atoms with Crippen molar-refractivity contribution in [2.75, 3.05) is 13.7 Å². The van der Waals surface area contributed by atoms with E-state index in [4.69, 9.17) is 4.74 Å². The van der Waals surface area contributed by atoms with Crippen LogP contribution in [0.4, 0.5) is 0 Å². The van der Waals surface area contributed by atoms with Crippen molar-refractivity contribution < 1.29 is 9.53 Å². The number of rotatable bonds is 7. The molecule has 0 unspecified atom stereocenters. The van der Waals surface area contributed by atoms with Crippen LogP contribution in [0.1, 0.15) is 28.9 Å². The van der Waals surface area contributed by atoms with E-state index in [1.165, 1.54) is 12.4 Å². The molecule has 2 rings (SSSR count). The van der Waals surface area contributed by atoms with Crippen LogP contribution in [0.5, 0.6) is 0 Å². The summed E-state index contributed by atoms with van der Waals surface area (Å²) in [4.78, 5) is 20.2. The maximum Gasteiger partial charge on any atom is 0.254 e. The van der Waals surface area contributed by atoms with Gasteiger partial charge in [-0.25, -0.2) is 9.97 Å². The number of ether oxygens (including phenoxy) is 1. The molecule has 0 aliphatic rings. The molecular formula is C13H18N6O2. The summed E-state index contributed by atoms with van der Waals surface area (Å²) in [6.07, 6.45) is 5.40. The van der Waals surface area contributed by atoms with Gasteiger partial charge in [-0.15, -0.1) is 10.2 Å². The van der Waals surface area contributed by atoms with E-state index in [0.29, 0.717) is 30.4 Å². The third-order valence-electron chi connectivity index (χ3n) is 2.92. The second-order valence-electron chi connectivity index (χ2n) is 4.36. The van der Waals surface area contributed by atoms with Crippen LogP contribution in [0.15, 0.2) is 18.7 Å². The Morgan fingerprint density at radius 1 is 1.38 bits per heavy atom. The Morgan fingerprint density at radius 2 is 2.14 bits per heavy atom. The van der Waals surface area contributed by atoms with E-state index in [1.54, 1.807) is 13.4 Å². The molecule has 1 amide bonds. The number of aromatic nitrogens is 5. The molecule has 2 aromatic heterocycles. The predicted octanol–water partition coefficient (Wildman–Crippen LogP) is 0.207. The van der Waals surface area contributed by atoms with Gasteiger partial charge in [0.25, 0.3) is 5.91 Å². The molecule has 0 saturated carbocycles. The number of nitrogens with zero attached hydrogens (tertiary/aromatic N) is 5. The zero-order valence-electron chi connectivity index (χ0n) is 12.1. The highest BCUT2D eigenvalue weighted by Crippen LogP contribution is 1.99. The van der Waals surface area contributed by atoms with Gasteiger partial charge in [-0.3, -0.25) is 4.79 Å². The van der Waals surface area contributed by atoms with E-state index in [1.807, 2.05) is 11.5 Å². The maximum atomic E-state index is 12.0. The van der Waals surface area contributed by atoms with E-state index < -0.39 is 0 Å². The number of carbonyl (C=O) groups is 1. The van der Waals surface area contributed by atoms with Gasteiger partial charge >= 0.3 is 0 Å². The molecule has 0 atom stereocenters. The summed E-state index contributed by atoms with van der Waals surface area (Å²) in [5.74, 6) is 1.15. The van der Waals surface area contributed by atoms with Gasteiger partial charge in [-0.05, 0) is 0 Å². The molecule has 0 bridgehead atoms. The van der Waals surface area contributed by atoms with Crippen LogP contribution in [0, 0.1) is 0 Å². The van der Waals surface area contributed by atoms with E-state index in [9.17, 15) is 4.79 Å². The molecule has 0 aromatic carbocycles. The van der Waals surface area contributed by atoms with Crippen molar-refractivity contribution in [1.29, 1.82) is 0 Å². The van der Waals surface area contributed by atoms with Crippen LogP contribution in [0.2, 0.25) is 0 Å². The first-order valence-electron chi connectivity index (χ1n) is 6.69.